The van der Waals surface area contributed by atoms with Crippen LogP contribution in [-0.2, 0) is 0 Å². The molecule has 0 saturated carbocycles. The third-order valence-electron chi connectivity index (χ3n) is 3.19. The average Bonchev–Trinajstić information content (AvgIpc) is 3.00. The molecule has 0 aliphatic rings. The molecule has 106 valence electrons. The number of rotatable bonds is 3. The Bertz CT molecular complexity index is 758. The second kappa shape index (κ2) is 6.02. The highest BCUT2D eigenvalue weighted by Gasteiger charge is 2.16. The standard InChI is InChI=1S/C16H12BrClN2O/c17-12-6-7-15(18)14(8-12)16(21)11-9-19-20(10-11)13-4-2-1-3-5-13/h1-10,16,21H. The highest BCUT2D eigenvalue weighted by Crippen LogP contribution is 2.30. The molecule has 3 aromatic rings. The van der Waals surface area contributed by atoms with Crippen LogP contribution in [0.5, 0.6) is 0 Å². The number of aliphatic hydroxyl groups excluding tert-OH is 1. The molecule has 21 heavy (non-hydrogen) atoms. The number of aliphatic hydroxyl groups is 1. The summed E-state index contributed by atoms with van der Waals surface area (Å²) in [6, 6.07) is 15.1. The van der Waals surface area contributed by atoms with E-state index in [0.29, 0.717) is 16.1 Å². The minimum atomic E-state index is -0.813. The van der Waals surface area contributed by atoms with E-state index in [0.717, 1.165) is 10.2 Å². The Morgan fingerprint density at radius 3 is 2.67 bits per heavy atom. The highest BCUT2D eigenvalue weighted by molar-refractivity contribution is 9.10. The van der Waals surface area contributed by atoms with Crippen LogP contribution in [0.4, 0.5) is 0 Å². The van der Waals surface area contributed by atoms with Gasteiger partial charge in [-0.3, -0.25) is 0 Å². The summed E-state index contributed by atoms with van der Waals surface area (Å²) in [6.07, 6.45) is 2.64. The van der Waals surface area contributed by atoms with Crippen molar-refractivity contribution in [3.05, 3.63) is 81.5 Å². The fraction of sp³-hybridized carbons (Fsp3) is 0.0625. The van der Waals surface area contributed by atoms with Crippen molar-refractivity contribution in [3.63, 3.8) is 0 Å². The Morgan fingerprint density at radius 1 is 1.14 bits per heavy atom. The lowest BCUT2D eigenvalue weighted by atomic mass is 10.0. The Labute approximate surface area is 135 Å². The number of halogens is 2. The van der Waals surface area contributed by atoms with Crippen molar-refractivity contribution in [1.82, 2.24) is 9.78 Å². The molecule has 1 heterocycles. The Kier molecular flexibility index (Phi) is 4.10. The van der Waals surface area contributed by atoms with Gasteiger partial charge in [-0.25, -0.2) is 4.68 Å². The van der Waals surface area contributed by atoms with Gasteiger partial charge in [0.2, 0.25) is 0 Å². The number of nitrogens with zero attached hydrogens (tertiary/aromatic N) is 2. The third-order valence-corrected chi connectivity index (χ3v) is 4.03. The molecule has 2 aromatic carbocycles. The van der Waals surface area contributed by atoms with Crippen LogP contribution in [0, 0.1) is 0 Å². The summed E-state index contributed by atoms with van der Waals surface area (Å²) >= 11 is 9.55. The van der Waals surface area contributed by atoms with Crippen molar-refractivity contribution in [2.24, 2.45) is 0 Å². The first-order valence-corrected chi connectivity index (χ1v) is 7.55. The summed E-state index contributed by atoms with van der Waals surface area (Å²) in [5.74, 6) is 0. The van der Waals surface area contributed by atoms with Gasteiger partial charge in [0.1, 0.15) is 6.10 Å². The van der Waals surface area contributed by atoms with Crippen molar-refractivity contribution in [2.75, 3.05) is 0 Å². The number of hydrogen-bond acceptors (Lipinski definition) is 2. The van der Waals surface area contributed by atoms with Crippen LogP contribution < -0.4 is 0 Å². The van der Waals surface area contributed by atoms with Crippen molar-refractivity contribution >= 4 is 27.5 Å². The first kappa shape index (κ1) is 14.3. The van der Waals surface area contributed by atoms with Crippen LogP contribution in [0.3, 0.4) is 0 Å². The zero-order valence-corrected chi connectivity index (χ0v) is 13.3. The van der Waals surface area contributed by atoms with Gasteiger partial charge >= 0.3 is 0 Å². The minimum Gasteiger partial charge on any atom is -0.383 e. The summed E-state index contributed by atoms with van der Waals surface area (Å²) in [7, 11) is 0. The van der Waals surface area contributed by atoms with Crippen molar-refractivity contribution < 1.29 is 5.11 Å². The second-order valence-corrected chi connectivity index (χ2v) is 5.95. The van der Waals surface area contributed by atoms with Gasteiger partial charge in [0.05, 0.1) is 11.9 Å². The van der Waals surface area contributed by atoms with Gasteiger partial charge in [-0.1, -0.05) is 45.7 Å². The average molecular weight is 364 g/mol. The lowest BCUT2D eigenvalue weighted by Gasteiger charge is -2.11. The molecular weight excluding hydrogens is 352 g/mol. The predicted octanol–water partition coefficient (Wildman–Crippen LogP) is 4.37. The molecule has 5 heteroatoms. The summed E-state index contributed by atoms with van der Waals surface area (Å²) in [5.41, 5.74) is 2.29. The molecule has 1 aromatic heterocycles. The van der Waals surface area contributed by atoms with Crippen LogP contribution in [0.15, 0.2) is 65.4 Å². The maximum Gasteiger partial charge on any atom is 0.109 e. The Morgan fingerprint density at radius 2 is 1.90 bits per heavy atom. The summed E-state index contributed by atoms with van der Waals surface area (Å²) in [4.78, 5) is 0. The van der Waals surface area contributed by atoms with Gasteiger partial charge in [0.25, 0.3) is 0 Å². The molecule has 0 spiro atoms. The molecule has 0 aliphatic heterocycles. The lowest BCUT2D eigenvalue weighted by molar-refractivity contribution is 0.220. The van der Waals surface area contributed by atoms with Crippen LogP contribution in [0.2, 0.25) is 5.02 Å². The van der Waals surface area contributed by atoms with Crippen LogP contribution in [0.25, 0.3) is 5.69 Å². The van der Waals surface area contributed by atoms with E-state index < -0.39 is 6.10 Å². The van der Waals surface area contributed by atoms with E-state index in [9.17, 15) is 5.11 Å². The molecule has 1 N–H and O–H groups in total. The maximum absolute atomic E-state index is 10.5. The van der Waals surface area contributed by atoms with E-state index in [1.165, 1.54) is 0 Å². The van der Waals surface area contributed by atoms with Gasteiger partial charge in [-0.15, -0.1) is 0 Å². The van der Waals surface area contributed by atoms with E-state index in [1.807, 2.05) is 42.5 Å². The lowest BCUT2D eigenvalue weighted by Crippen LogP contribution is -1.99. The van der Waals surface area contributed by atoms with Crippen LogP contribution >= 0.6 is 27.5 Å². The fourth-order valence-electron chi connectivity index (χ4n) is 2.10. The van der Waals surface area contributed by atoms with Gasteiger partial charge < -0.3 is 5.11 Å². The first-order chi connectivity index (χ1) is 10.1. The number of para-hydroxylation sites is 1. The van der Waals surface area contributed by atoms with E-state index in [1.54, 1.807) is 23.1 Å². The van der Waals surface area contributed by atoms with E-state index >= 15 is 0 Å². The highest BCUT2D eigenvalue weighted by atomic mass is 79.9. The van der Waals surface area contributed by atoms with Gasteiger partial charge in [-0.05, 0) is 30.3 Å². The smallest absolute Gasteiger partial charge is 0.109 e. The topological polar surface area (TPSA) is 38.1 Å². The van der Waals surface area contributed by atoms with E-state index in [-0.39, 0.29) is 0 Å². The third kappa shape index (κ3) is 3.02. The van der Waals surface area contributed by atoms with E-state index in [2.05, 4.69) is 21.0 Å². The first-order valence-electron chi connectivity index (χ1n) is 6.38. The van der Waals surface area contributed by atoms with Crippen molar-refractivity contribution in [2.45, 2.75) is 6.10 Å². The monoisotopic (exact) mass is 362 g/mol. The van der Waals surface area contributed by atoms with Gasteiger partial charge in [-0.2, -0.15) is 5.10 Å². The van der Waals surface area contributed by atoms with Crippen molar-refractivity contribution in [3.8, 4) is 5.69 Å². The van der Waals surface area contributed by atoms with Crippen LogP contribution in [0.1, 0.15) is 17.2 Å². The normalized spacial score (nSPS) is 12.3. The van der Waals surface area contributed by atoms with Gasteiger partial charge in [0.15, 0.2) is 0 Å². The quantitative estimate of drug-likeness (QED) is 0.750. The Hall–Kier alpha value is -1.62. The summed E-state index contributed by atoms with van der Waals surface area (Å²) in [6.45, 7) is 0. The molecule has 0 aliphatic carbocycles. The minimum absolute atomic E-state index is 0.526. The molecule has 1 unspecified atom stereocenters. The zero-order valence-electron chi connectivity index (χ0n) is 10.9. The maximum atomic E-state index is 10.5. The van der Waals surface area contributed by atoms with Crippen LogP contribution in [-0.4, -0.2) is 14.9 Å². The van der Waals surface area contributed by atoms with Gasteiger partial charge in [0, 0.05) is 26.8 Å². The number of hydrogen-bond donors (Lipinski definition) is 1. The Balaban J connectivity index is 1.94. The molecule has 0 amide bonds. The summed E-state index contributed by atoms with van der Waals surface area (Å²) in [5, 5.41) is 15.3. The number of aromatic nitrogens is 2. The molecule has 0 fully saturated rings. The molecule has 3 rings (SSSR count). The molecule has 1 atom stereocenters. The predicted molar refractivity (Wildman–Crippen MR) is 86.8 cm³/mol. The second-order valence-electron chi connectivity index (χ2n) is 4.62. The number of benzene rings is 2. The fourth-order valence-corrected chi connectivity index (χ4v) is 2.70. The largest absolute Gasteiger partial charge is 0.383 e. The SMILES string of the molecule is OC(c1cnn(-c2ccccc2)c1)c1cc(Br)ccc1Cl. The molecule has 0 saturated heterocycles. The molecule has 3 nitrogen and oxygen atoms in total. The molecule has 0 radical (unpaired) electrons. The van der Waals surface area contributed by atoms with E-state index in [4.69, 9.17) is 11.6 Å². The molecular formula is C16H12BrClN2O. The zero-order chi connectivity index (χ0) is 14.8. The van der Waals surface area contributed by atoms with Crippen molar-refractivity contribution in [1.29, 1.82) is 0 Å². The summed E-state index contributed by atoms with van der Waals surface area (Å²) < 4.78 is 2.60. The molecule has 0 bridgehead atoms.